The highest BCUT2D eigenvalue weighted by Crippen LogP contribution is 2.34. The summed E-state index contributed by atoms with van der Waals surface area (Å²) in [5.74, 6) is 1.20. The van der Waals surface area contributed by atoms with Gasteiger partial charge in [-0.3, -0.25) is 9.59 Å². The van der Waals surface area contributed by atoms with Crippen molar-refractivity contribution in [2.24, 2.45) is 11.8 Å². The first-order valence-corrected chi connectivity index (χ1v) is 12.5. The van der Waals surface area contributed by atoms with E-state index in [2.05, 4.69) is 25.3 Å². The van der Waals surface area contributed by atoms with Crippen molar-refractivity contribution < 1.29 is 14.3 Å². The Bertz CT molecular complexity index is 904. The first kappa shape index (κ1) is 24.3. The molecule has 0 spiro atoms. The number of carbonyl (C=O) groups is 2. The third kappa shape index (κ3) is 6.12. The molecule has 2 heterocycles. The summed E-state index contributed by atoms with van der Waals surface area (Å²) in [6.07, 6.45) is 1.74. The largest absolute Gasteiger partial charge is 0.491 e. The van der Waals surface area contributed by atoms with Crippen LogP contribution in [0, 0.1) is 18.8 Å². The van der Waals surface area contributed by atoms with Gasteiger partial charge in [-0.1, -0.05) is 45.4 Å². The van der Waals surface area contributed by atoms with Crippen LogP contribution in [-0.2, 0) is 16.0 Å². The van der Waals surface area contributed by atoms with Crippen LogP contribution in [0.4, 0.5) is 0 Å². The normalized spacial score (nSPS) is 15.7. The molecule has 174 valence electrons. The van der Waals surface area contributed by atoms with Crippen molar-refractivity contribution in [3.63, 3.8) is 0 Å². The van der Waals surface area contributed by atoms with Gasteiger partial charge in [0.25, 0.3) is 0 Å². The highest BCUT2D eigenvalue weighted by Gasteiger charge is 2.33. The van der Waals surface area contributed by atoms with Gasteiger partial charge in [-0.05, 0) is 54.8 Å². The van der Waals surface area contributed by atoms with Crippen LogP contribution in [-0.4, -0.2) is 47.9 Å². The summed E-state index contributed by atoms with van der Waals surface area (Å²) in [4.78, 5) is 31.2. The summed E-state index contributed by atoms with van der Waals surface area (Å²) in [5, 5.41) is 2.09. The molecule has 5 nitrogen and oxygen atoms in total. The smallest absolute Gasteiger partial charge is 0.242 e. The fraction of sp³-hybridized carbons (Fsp3) is 0.538. The van der Waals surface area contributed by atoms with Crippen molar-refractivity contribution in [3.8, 4) is 5.75 Å². The van der Waals surface area contributed by atoms with Crippen molar-refractivity contribution >= 4 is 23.2 Å². The zero-order chi connectivity index (χ0) is 23.3. The van der Waals surface area contributed by atoms with Crippen molar-refractivity contribution in [3.05, 3.63) is 51.7 Å². The van der Waals surface area contributed by atoms with Crippen LogP contribution in [0.3, 0.4) is 0 Å². The van der Waals surface area contributed by atoms with Crippen LogP contribution < -0.4 is 4.74 Å². The summed E-state index contributed by atoms with van der Waals surface area (Å²) in [6, 6.07) is 9.96. The predicted molar refractivity (Wildman–Crippen MR) is 130 cm³/mol. The fourth-order valence-electron chi connectivity index (χ4n) is 3.98. The molecular weight excluding hydrogens is 420 g/mol. The summed E-state index contributed by atoms with van der Waals surface area (Å²) in [7, 11) is 0. The molecule has 1 aliphatic rings. The standard InChI is InChI=1S/C26H36N2O3S/c1-18(2)10-13-27(26(30)19(3)4)16-25(29)28-14-11-24-22(12-15-32-24)23(28)17-31-21-8-6-20(5)7-9-21/h6-9,12,15,18-19,23H,10-11,13-14,16-17H2,1-5H3/t23-/m0/s1. The number of amides is 2. The van der Waals surface area contributed by atoms with Gasteiger partial charge in [0.05, 0.1) is 12.6 Å². The van der Waals surface area contributed by atoms with E-state index in [-0.39, 0.29) is 30.3 Å². The molecule has 0 N–H and O–H groups in total. The van der Waals surface area contributed by atoms with Crippen LogP contribution in [0.2, 0.25) is 0 Å². The number of ether oxygens (including phenoxy) is 1. The Hall–Kier alpha value is -2.34. The van der Waals surface area contributed by atoms with Gasteiger partial charge in [0.15, 0.2) is 0 Å². The van der Waals surface area contributed by atoms with E-state index in [1.54, 1.807) is 16.2 Å². The molecule has 0 bridgehead atoms. The molecule has 1 aliphatic heterocycles. The number of rotatable bonds is 9. The van der Waals surface area contributed by atoms with Crippen LogP contribution in [0.25, 0.3) is 0 Å². The highest BCUT2D eigenvalue weighted by atomic mass is 32.1. The predicted octanol–water partition coefficient (Wildman–Crippen LogP) is 5.09. The van der Waals surface area contributed by atoms with E-state index < -0.39 is 0 Å². The van der Waals surface area contributed by atoms with E-state index in [4.69, 9.17) is 4.74 Å². The molecule has 0 aliphatic carbocycles. The highest BCUT2D eigenvalue weighted by molar-refractivity contribution is 7.10. The van der Waals surface area contributed by atoms with Gasteiger partial charge in [-0.25, -0.2) is 0 Å². The number of aryl methyl sites for hydroxylation is 1. The maximum absolute atomic E-state index is 13.5. The molecule has 0 saturated heterocycles. The molecule has 1 atom stereocenters. The minimum absolute atomic E-state index is 0.00267. The number of hydrogen-bond acceptors (Lipinski definition) is 4. The topological polar surface area (TPSA) is 49.9 Å². The maximum atomic E-state index is 13.5. The van der Waals surface area contributed by atoms with Crippen molar-refractivity contribution in [1.29, 1.82) is 0 Å². The molecule has 6 heteroatoms. The molecule has 0 saturated carbocycles. The molecule has 2 amide bonds. The number of benzene rings is 1. The zero-order valence-electron chi connectivity index (χ0n) is 20.0. The Balaban J connectivity index is 1.75. The van der Waals surface area contributed by atoms with Crippen LogP contribution in [0.1, 0.15) is 56.2 Å². The van der Waals surface area contributed by atoms with Gasteiger partial charge in [-0.15, -0.1) is 11.3 Å². The average molecular weight is 457 g/mol. The molecule has 0 unspecified atom stereocenters. The van der Waals surface area contributed by atoms with Gasteiger partial charge in [0.1, 0.15) is 12.4 Å². The molecule has 32 heavy (non-hydrogen) atoms. The lowest BCUT2D eigenvalue weighted by Gasteiger charge is -2.37. The second kappa shape index (κ2) is 11.0. The summed E-state index contributed by atoms with van der Waals surface area (Å²) in [5.41, 5.74) is 2.36. The van der Waals surface area contributed by atoms with E-state index in [0.29, 0.717) is 25.6 Å². The van der Waals surface area contributed by atoms with Crippen LogP contribution >= 0.6 is 11.3 Å². The molecule has 2 aromatic rings. The average Bonchev–Trinajstić information content (AvgIpc) is 3.24. The van der Waals surface area contributed by atoms with E-state index in [9.17, 15) is 9.59 Å². The van der Waals surface area contributed by atoms with Crippen LogP contribution in [0.15, 0.2) is 35.7 Å². The lowest BCUT2D eigenvalue weighted by Crippen LogP contribution is -2.48. The van der Waals surface area contributed by atoms with Gasteiger partial charge in [-0.2, -0.15) is 0 Å². The number of fused-ring (bicyclic) bond motifs is 1. The van der Waals surface area contributed by atoms with Gasteiger partial charge in [0.2, 0.25) is 11.8 Å². The lowest BCUT2D eigenvalue weighted by molar-refractivity contribution is -0.144. The molecule has 0 radical (unpaired) electrons. The van der Waals surface area contributed by atoms with E-state index in [0.717, 1.165) is 18.6 Å². The fourth-order valence-corrected chi connectivity index (χ4v) is 4.91. The molecule has 3 rings (SSSR count). The van der Waals surface area contributed by atoms with E-state index in [1.807, 2.05) is 49.9 Å². The Morgan fingerprint density at radius 1 is 1.16 bits per heavy atom. The summed E-state index contributed by atoms with van der Waals surface area (Å²) in [6.45, 7) is 11.9. The Morgan fingerprint density at radius 3 is 2.53 bits per heavy atom. The number of thiophene rings is 1. The third-order valence-corrected chi connectivity index (χ3v) is 6.95. The molecule has 1 aromatic heterocycles. The third-order valence-electron chi connectivity index (χ3n) is 5.95. The summed E-state index contributed by atoms with van der Waals surface area (Å²) < 4.78 is 6.11. The number of nitrogens with zero attached hydrogens (tertiary/aromatic N) is 2. The van der Waals surface area contributed by atoms with Gasteiger partial charge in [0, 0.05) is 23.9 Å². The van der Waals surface area contributed by atoms with Gasteiger partial charge < -0.3 is 14.5 Å². The van der Waals surface area contributed by atoms with E-state index in [1.165, 1.54) is 16.0 Å². The SMILES string of the molecule is Cc1ccc(OC[C@H]2c3ccsc3CCN2C(=O)CN(CCC(C)C)C(=O)C(C)C)cc1. The Labute approximate surface area is 196 Å². The molecular formula is C26H36N2O3S. The number of carbonyl (C=O) groups excluding carboxylic acids is 2. The van der Waals surface area contributed by atoms with Crippen molar-refractivity contribution in [1.82, 2.24) is 9.80 Å². The quantitative estimate of drug-likeness (QED) is 0.528. The molecule has 1 aromatic carbocycles. The van der Waals surface area contributed by atoms with Gasteiger partial charge >= 0.3 is 0 Å². The maximum Gasteiger partial charge on any atom is 0.242 e. The second-order valence-corrected chi connectivity index (χ2v) is 10.4. The monoisotopic (exact) mass is 456 g/mol. The summed E-state index contributed by atoms with van der Waals surface area (Å²) >= 11 is 1.74. The lowest BCUT2D eigenvalue weighted by atomic mass is 10.00. The Morgan fingerprint density at radius 2 is 1.88 bits per heavy atom. The van der Waals surface area contributed by atoms with Crippen molar-refractivity contribution in [2.75, 3.05) is 26.2 Å². The van der Waals surface area contributed by atoms with Crippen molar-refractivity contribution in [2.45, 2.75) is 53.5 Å². The second-order valence-electron chi connectivity index (χ2n) is 9.37. The minimum atomic E-state index is -0.139. The first-order valence-electron chi connectivity index (χ1n) is 11.6. The number of hydrogen-bond donors (Lipinski definition) is 0. The van der Waals surface area contributed by atoms with E-state index >= 15 is 0 Å². The zero-order valence-corrected chi connectivity index (χ0v) is 20.8. The minimum Gasteiger partial charge on any atom is -0.491 e. The first-order chi connectivity index (χ1) is 15.3. The molecule has 0 fully saturated rings. The Kier molecular flexibility index (Phi) is 8.35. The van der Waals surface area contributed by atoms with Crippen LogP contribution in [0.5, 0.6) is 5.75 Å².